The number of halogens is 1. The average molecular weight is 222 g/mol. The Labute approximate surface area is 93.8 Å². The molecule has 0 saturated heterocycles. The third-order valence-corrected chi connectivity index (χ3v) is 3.00. The van der Waals surface area contributed by atoms with Gasteiger partial charge in [-0.15, -0.1) is 0 Å². The van der Waals surface area contributed by atoms with E-state index < -0.39 is 5.82 Å². The first-order chi connectivity index (χ1) is 7.61. The van der Waals surface area contributed by atoms with Crippen LogP contribution in [-0.2, 0) is 0 Å². The van der Waals surface area contributed by atoms with Gasteiger partial charge >= 0.3 is 0 Å². The van der Waals surface area contributed by atoms with Crippen molar-refractivity contribution >= 4 is 11.6 Å². The van der Waals surface area contributed by atoms with Gasteiger partial charge in [0, 0.05) is 11.7 Å². The zero-order valence-electron chi connectivity index (χ0n) is 9.16. The molecule has 0 heterocycles. The predicted molar refractivity (Wildman–Crippen MR) is 60.5 cm³/mol. The van der Waals surface area contributed by atoms with Crippen LogP contribution in [0.4, 0.5) is 10.1 Å². The molecule has 0 aliphatic heterocycles. The number of benzene rings is 1. The number of nitrogen functional groups attached to an aromatic ring is 1. The number of hydrogen-bond acceptors (Lipinski definition) is 2. The van der Waals surface area contributed by atoms with Gasteiger partial charge in [-0.05, 0) is 30.5 Å². The molecule has 1 amide bonds. The highest BCUT2D eigenvalue weighted by atomic mass is 19.1. The van der Waals surface area contributed by atoms with Crippen molar-refractivity contribution in [2.75, 3.05) is 5.73 Å². The third-order valence-electron chi connectivity index (χ3n) is 3.00. The number of amides is 1. The maximum atomic E-state index is 13.4. The van der Waals surface area contributed by atoms with Crippen molar-refractivity contribution in [2.45, 2.75) is 25.8 Å². The highest BCUT2D eigenvalue weighted by molar-refractivity contribution is 5.95. The lowest BCUT2D eigenvalue weighted by molar-refractivity contribution is 0.0945. The second-order valence-corrected chi connectivity index (χ2v) is 4.22. The van der Waals surface area contributed by atoms with Gasteiger partial charge in [-0.25, -0.2) is 4.39 Å². The molecule has 2 unspecified atom stereocenters. The van der Waals surface area contributed by atoms with E-state index in [1.807, 2.05) is 0 Å². The molecule has 0 spiro atoms. The number of carbonyl (C=O) groups is 1. The minimum absolute atomic E-state index is 0.0294. The second-order valence-electron chi connectivity index (χ2n) is 4.22. The highest BCUT2D eigenvalue weighted by Crippen LogP contribution is 2.33. The van der Waals surface area contributed by atoms with Crippen molar-refractivity contribution in [3.8, 4) is 0 Å². The first-order valence-electron chi connectivity index (χ1n) is 5.47. The summed E-state index contributed by atoms with van der Waals surface area (Å²) in [5, 5.41) is 2.80. The minimum Gasteiger partial charge on any atom is -0.399 e. The van der Waals surface area contributed by atoms with Crippen LogP contribution in [0, 0.1) is 11.7 Å². The fraction of sp³-hybridized carbons (Fsp3) is 0.417. The van der Waals surface area contributed by atoms with Crippen molar-refractivity contribution < 1.29 is 9.18 Å². The Hall–Kier alpha value is -1.58. The second kappa shape index (κ2) is 4.12. The van der Waals surface area contributed by atoms with Gasteiger partial charge in [0.15, 0.2) is 0 Å². The first-order valence-corrected chi connectivity index (χ1v) is 5.47. The smallest absolute Gasteiger partial charge is 0.254 e. The zero-order chi connectivity index (χ0) is 11.7. The Morgan fingerprint density at radius 2 is 2.38 bits per heavy atom. The van der Waals surface area contributed by atoms with Crippen LogP contribution >= 0.6 is 0 Å². The topological polar surface area (TPSA) is 55.1 Å². The van der Waals surface area contributed by atoms with Crippen molar-refractivity contribution in [3.63, 3.8) is 0 Å². The van der Waals surface area contributed by atoms with Crippen molar-refractivity contribution in [1.29, 1.82) is 0 Å². The van der Waals surface area contributed by atoms with Gasteiger partial charge in [-0.1, -0.05) is 13.3 Å². The Morgan fingerprint density at radius 1 is 1.62 bits per heavy atom. The van der Waals surface area contributed by atoms with E-state index in [0.717, 1.165) is 12.8 Å². The summed E-state index contributed by atoms with van der Waals surface area (Å²) in [4.78, 5) is 11.7. The van der Waals surface area contributed by atoms with Crippen LogP contribution < -0.4 is 11.1 Å². The van der Waals surface area contributed by atoms with E-state index in [0.29, 0.717) is 11.6 Å². The van der Waals surface area contributed by atoms with Gasteiger partial charge in [0.2, 0.25) is 0 Å². The SMILES string of the molecule is CCC1CC1NC(=O)c1cc(N)ccc1F. The van der Waals surface area contributed by atoms with Crippen LogP contribution in [0.3, 0.4) is 0 Å². The van der Waals surface area contributed by atoms with Crippen LogP contribution in [-0.4, -0.2) is 11.9 Å². The third kappa shape index (κ3) is 2.15. The van der Waals surface area contributed by atoms with Gasteiger partial charge in [0.05, 0.1) is 5.56 Å². The lowest BCUT2D eigenvalue weighted by Gasteiger charge is -2.06. The predicted octanol–water partition coefficient (Wildman–Crippen LogP) is 1.94. The summed E-state index contributed by atoms with van der Waals surface area (Å²) >= 11 is 0. The molecule has 2 rings (SSSR count). The molecule has 4 heteroatoms. The summed E-state index contributed by atoms with van der Waals surface area (Å²) in [6, 6.07) is 4.24. The Morgan fingerprint density at radius 3 is 3.00 bits per heavy atom. The molecule has 0 aromatic heterocycles. The molecule has 3 N–H and O–H groups in total. The summed E-state index contributed by atoms with van der Waals surface area (Å²) < 4.78 is 13.4. The standard InChI is InChI=1S/C12H15FN2O/c1-2-7-5-11(7)15-12(16)9-6-8(14)3-4-10(9)13/h3-4,6-7,11H,2,5,14H2,1H3,(H,15,16). The monoisotopic (exact) mass is 222 g/mol. The van der Waals surface area contributed by atoms with E-state index in [2.05, 4.69) is 12.2 Å². The Kier molecular flexibility index (Phi) is 2.81. The molecule has 1 aromatic carbocycles. The van der Waals surface area contributed by atoms with Gasteiger partial charge in [0.25, 0.3) is 5.91 Å². The van der Waals surface area contributed by atoms with Crippen molar-refractivity contribution in [3.05, 3.63) is 29.6 Å². The molecule has 16 heavy (non-hydrogen) atoms. The van der Waals surface area contributed by atoms with Gasteiger partial charge in [-0.3, -0.25) is 4.79 Å². The molecule has 1 saturated carbocycles. The number of anilines is 1. The lowest BCUT2D eigenvalue weighted by Crippen LogP contribution is -2.27. The number of rotatable bonds is 3. The largest absolute Gasteiger partial charge is 0.399 e. The van der Waals surface area contributed by atoms with E-state index in [4.69, 9.17) is 5.73 Å². The van der Waals surface area contributed by atoms with Crippen LogP contribution in [0.2, 0.25) is 0 Å². The van der Waals surface area contributed by atoms with Gasteiger partial charge in [-0.2, -0.15) is 0 Å². The zero-order valence-corrected chi connectivity index (χ0v) is 9.16. The maximum Gasteiger partial charge on any atom is 0.254 e. The molecule has 1 aliphatic rings. The fourth-order valence-electron chi connectivity index (χ4n) is 1.84. The summed E-state index contributed by atoms with van der Waals surface area (Å²) in [5.74, 6) is -0.348. The van der Waals surface area contributed by atoms with Gasteiger partial charge in [0.1, 0.15) is 5.82 Å². The molecule has 3 nitrogen and oxygen atoms in total. The first kappa shape index (κ1) is 10.9. The van der Waals surface area contributed by atoms with E-state index in [1.165, 1.54) is 18.2 Å². The molecule has 1 fully saturated rings. The van der Waals surface area contributed by atoms with E-state index in [9.17, 15) is 9.18 Å². The molecule has 86 valence electrons. The quantitative estimate of drug-likeness (QED) is 0.768. The summed E-state index contributed by atoms with van der Waals surface area (Å²) in [6.45, 7) is 2.08. The Bertz CT molecular complexity index is 419. The summed E-state index contributed by atoms with van der Waals surface area (Å²) in [5.41, 5.74) is 5.95. The van der Waals surface area contributed by atoms with Crippen LogP contribution in [0.25, 0.3) is 0 Å². The summed E-state index contributed by atoms with van der Waals surface area (Å²) in [7, 11) is 0. The van der Waals surface area contributed by atoms with Gasteiger partial charge < -0.3 is 11.1 Å². The fourth-order valence-corrected chi connectivity index (χ4v) is 1.84. The number of hydrogen-bond donors (Lipinski definition) is 2. The molecule has 1 aliphatic carbocycles. The van der Waals surface area contributed by atoms with Crippen LogP contribution in [0.1, 0.15) is 30.1 Å². The molecular weight excluding hydrogens is 207 g/mol. The molecule has 0 bridgehead atoms. The molecule has 2 atom stereocenters. The van der Waals surface area contributed by atoms with E-state index in [-0.39, 0.29) is 17.5 Å². The van der Waals surface area contributed by atoms with Crippen molar-refractivity contribution in [2.24, 2.45) is 5.92 Å². The number of carbonyl (C=O) groups excluding carboxylic acids is 1. The minimum atomic E-state index is -0.527. The average Bonchev–Trinajstić information content (AvgIpc) is 3.00. The molecule has 1 aromatic rings. The highest BCUT2D eigenvalue weighted by Gasteiger charge is 2.36. The van der Waals surface area contributed by atoms with E-state index >= 15 is 0 Å². The van der Waals surface area contributed by atoms with Crippen LogP contribution in [0.15, 0.2) is 18.2 Å². The van der Waals surface area contributed by atoms with Crippen LogP contribution in [0.5, 0.6) is 0 Å². The molecule has 0 radical (unpaired) electrons. The lowest BCUT2D eigenvalue weighted by atomic mass is 10.1. The molecular formula is C12H15FN2O. The normalized spacial score (nSPS) is 22.9. The number of nitrogens with two attached hydrogens (primary N) is 1. The number of nitrogens with one attached hydrogen (secondary N) is 1. The maximum absolute atomic E-state index is 13.4. The van der Waals surface area contributed by atoms with Crippen molar-refractivity contribution in [1.82, 2.24) is 5.32 Å². The van der Waals surface area contributed by atoms with E-state index in [1.54, 1.807) is 0 Å². The summed E-state index contributed by atoms with van der Waals surface area (Å²) in [6.07, 6.45) is 2.04. The Balaban J connectivity index is 2.06.